The standard InChI is InChI=1S/C19H31N3O3/c1-13-15(21-12-20-13)10-17(24)22-7-5-19(6-8-22)11-14(23)9-16(25-19)18(2,3)4/h12,14,16,23H,5-11H2,1-4H3,(H,20,21)/t14-,16-/m1/s1. The van der Waals surface area contributed by atoms with Crippen molar-refractivity contribution < 1.29 is 14.6 Å². The molecule has 1 aromatic heterocycles. The number of H-pyrrole nitrogens is 1. The van der Waals surface area contributed by atoms with Crippen molar-refractivity contribution in [2.75, 3.05) is 13.1 Å². The van der Waals surface area contributed by atoms with Gasteiger partial charge in [0.2, 0.25) is 5.91 Å². The molecule has 2 aliphatic heterocycles. The third-order valence-corrected chi connectivity index (χ3v) is 5.73. The Balaban J connectivity index is 1.60. The van der Waals surface area contributed by atoms with E-state index in [1.165, 1.54) is 0 Å². The van der Waals surface area contributed by atoms with E-state index in [-0.39, 0.29) is 29.1 Å². The highest BCUT2D eigenvalue weighted by atomic mass is 16.5. The monoisotopic (exact) mass is 349 g/mol. The Labute approximate surface area is 150 Å². The van der Waals surface area contributed by atoms with Crippen LogP contribution < -0.4 is 0 Å². The van der Waals surface area contributed by atoms with Crippen molar-refractivity contribution in [1.29, 1.82) is 0 Å². The zero-order valence-electron chi connectivity index (χ0n) is 15.8. The molecule has 2 atom stereocenters. The van der Waals surface area contributed by atoms with Gasteiger partial charge in [-0.3, -0.25) is 4.79 Å². The summed E-state index contributed by atoms with van der Waals surface area (Å²) in [6.45, 7) is 9.79. The van der Waals surface area contributed by atoms with E-state index >= 15 is 0 Å². The first-order valence-electron chi connectivity index (χ1n) is 9.31. The number of rotatable bonds is 2. The molecule has 1 amide bonds. The Morgan fingerprint density at radius 1 is 1.44 bits per heavy atom. The van der Waals surface area contributed by atoms with Crippen molar-refractivity contribution in [3.05, 3.63) is 17.7 Å². The van der Waals surface area contributed by atoms with Gasteiger partial charge in [-0.1, -0.05) is 20.8 Å². The maximum atomic E-state index is 12.6. The molecule has 3 heterocycles. The minimum Gasteiger partial charge on any atom is -0.393 e. The number of ether oxygens (including phenoxy) is 1. The quantitative estimate of drug-likeness (QED) is 0.858. The smallest absolute Gasteiger partial charge is 0.228 e. The number of carbonyl (C=O) groups is 1. The lowest BCUT2D eigenvalue weighted by molar-refractivity contribution is -0.207. The number of nitrogens with zero attached hydrogens (tertiary/aromatic N) is 2. The number of imidazole rings is 1. The average Bonchev–Trinajstić information content (AvgIpc) is 2.91. The van der Waals surface area contributed by atoms with Gasteiger partial charge in [-0.2, -0.15) is 0 Å². The van der Waals surface area contributed by atoms with E-state index < -0.39 is 0 Å². The number of hydrogen-bond acceptors (Lipinski definition) is 4. The van der Waals surface area contributed by atoms with Crippen LogP contribution in [-0.4, -0.2) is 56.8 Å². The zero-order valence-corrected chi connectivity index (χ0v) is 15.8. The number of amides is 1. The number of carbonyl (C=O) groups excluding carboxylic acids is 1. The van der Waals surface area contributed by atoms with Gasteiger partial charge in [0.05, 0.1) is 36.3 Å². The lowest BCUT2D eigenvalue weighted by atomic mass is 9.76. The van der Waals surface area contributed by atoms with Crippen molar-refractivity contribution >= 4 is 5.91 Å². The molecular formula is C19H31N3O3. The highest BCUT2D eigenvalue weighted by Crippen LogP contribution is 2.42. The Kier molecular flexibility index (Phi) is 4.95. The second-order valence-electron chi connectivity index (χ2n) is 8.78. The molecule has 2 aliphatic rings. The lowest BCUT2D eigenvalue weighted by Gasteiger charge is -2.50. The van der Waals surface area contributed by atoms with Gasteiger partial charge in [-0.15, -0.1) is 0 Å². The van der Waals surface area contributed by atoms with Crippen LogP contribution in [-0.2, 0) is 16.0 Å². The normalized spacial score (nSPS) is 26.8. The highest BCUT2D eigenvalue weighted by molar-refractivity contribution is 5.78. The summed E-state index contributed by atoms with van der Waals surface area (Å²) in [5.41, 5.74) is 1.50. The summed E-state index contributed by atoms with van der Waals surface area (Å²) in [5, 5.41) is 10.4. The van der Waals surface area contributed by atoms with Crippen molar-refractivity contribution in [2.45, 2.75) is 77.6 Å². The molecule has 6 heteroatoms. The van der Waals surface area contributed by atoms with Crippen LogP contribution in [0.25, 0.3) is 0 Å². The first-order chi connectivity index (χ1) is 11.7. The van der Waals surface area contributed by atoms with Gasteiger partial charge in [-0.05, 0) is 25.2 Å². The second-order valence-corrected chi connectivity index (χ2v) is 8.78. The summed E-state index contributed by atoms with van der Waals surface area (Å²) in [6.07, 6.45) is 4.69. The molecule has 0 unspecified atom stereocenters. The van der Waals surface area contributed by atoms with E-state index in [4.69, 9.17) is 4.74 Å². The Hall–Kier alpha value is -1.40. The van der Waals surface area contributed by atoms with E-state index in [0.29, 0.717) is 32.4 Å². The molecule has 25 heavy (non-hydrogen) atoms. The van der Waals surface area contributed by atoms with Crippen molar-refractivity contribution in [3.63, 3.8) is 0 Å². The number of aliphatic hydroxyl groups is 1. The molecule has 1 aromatic rings. The summed E-state index contributed by atoms with van der Waals surface area (Å²) in [7, 11) is 0. The van der Waals surface area contributed by atoms with E-state index in [2.05, 4.69) is 30.7 Å². The number of piperidine rings is 1. The fourth-order valence-electron chi connectivity index (χ4n) is 3.99. The molecule has 6 nitrogen and oxygen atoms in total. The van der Waals surface area contributed by atoms with Crippen molar-refractivity contribution in [2.24, 2.45) is 5.41 Å². The van der Waals surface area contributed by atoms with Crippen LogP contribution in [0.1, 0.15) is 57.8 Å². The first-order valence-corrected chi connectivity index (χ1v) is 9.31. The van der Waals surface area contributed by atoms with E-state index in [9.17, 15) is 9.90 Å². The Morgan fingerprint density at radius 3 is 2.68 bits per heavy atom. The molecular weight excluding hydrogens is 318 g/mol. The number of aliphatic hydroxyl groups excluding tert-OH is 1. The van der Waals surface area contributed by atoms with Gasteiger partial charge in [0.1, 0.15) is 0 Å². The topological polar surface area (TPSA) is 78.5 Å². The van der Waals surface area contributed by atoms with Gasteiger partial charge in [0, 0.05) is 31.6 Å². The number of aromatic nitrogens is 2. The molecule has 0 bridgehead atoms. The Morgan fingerprint density at radius 2 is 2.12 bits per heavy atom. The minimum atomic E-state index is -0.313. The van der Waals surface area contributed by atoms with Crippen LogP contribution >= 0.6 is 0 Å². The van der Waals surface area contributed by atoms with Crippen molar-refractivity contribution in [3.8, 4) is 0 Å². The molecule has 0 aliphatic carbocycles. The van der Waals surface area contributed by atoms with Crippen LogP contribution in [0, 0.1) is 12.3 Å². The maximum absolute atomic E-state index is 12.6. The number of aromatic amines is 1. The summed E-state index contributed by atoms with van der Waals surface area (Å²) in [6, 6.07) is 0. The molecule has 0 radical (unpaired) electrons. The first kappa shape index (κ1) is 18.4. The van der Waals surface area contributed by atoms with Gasteiger partial charge in [-0.25, -0.2) is 4.98 Å². The molecule has 2 N–H and O–H groups in total. The Bertz CT molecular complexity index is 612. The largest absolute Gasteiger partial charge is 0.393 e. The van der Waals surface area contributed by atoms with Crippen LogP contribution in [0.15, 0.2) is 6.33 Å². The maximum Gasteiger partial charge on any atom is 0.228 e. The van der Waals surface area contributed by atoms with E-state index in [1.807, 2.05) is 11.8 Å². The molecule has 3 rings (SSSR count). The number of hydrogen-bond donors (Lipinski definition) is 2. The van der Waals surface area contributed by atoms with Crippen LogP contribution in [0.3, 0.4) is 0 Å². The minimum absolute atomic E-state index is 0.0127. The third-order valence-electron chi connectivity index (χ3n) is 5.73. The van der Waals surface area contributed by atoms with Crippen LogP contribution in [0.4, 0.5) is 0 Å². The van der Waals surface area contributed by atoms with Crippen molar-refractivity contribution in [1.82, 2.24) is 14.9 Å². The third kappa shape index (κ3) is 4.06. The van der Waals surface area contributed by atoms with E-state index in [0.717, 1.165) is 24.2 Å². The van der Waals surface area contributed by atoms with Gasteiger partial charge in [0.15, 0.2) is 0 Å². The predicted molar refractivity (Wildman–Crippen MR) is 95.1 cm³/mol. The van der Waals surface area contributed by atoms with Crippen LogP contribution in [0.5, 0.6) is 0 Å². The van der Waals surface area contributed by atoms with Gasteiger partial charge in [0.25, 0.3) is 0 Å². The molecule has 0 aromatic carbocycles. The molecule has 2 fully saturated rings. The predicted octanol–water partition coefficient (Wildman–Crippen LogP) is 2.21. The van der Waals surface area contributed by atoms with Crippen LogP contribution in [0.2, 0.25) is 0 Å². The summed E-state index contributed by atoms with van der Waals surface area (Å²) < 4.78 is 6.49. The highest BCUT2D eigenvalue weighted by Gasteiger charge is 2.46. The lowest BCUT2D eigenvalue weighted by Crippen LogP contribution is -2.56. The fraction of sp³-hybridized carbons (Fsp3) is 0.789. The number of nitrogens with one attached hydrogen (secondary N) is 1. The number of aryl methyl sites for hydroxylation is 1. The summed E-state index contributed by atoms with van der Waals surface area (Å²) in [4.78, 5) is 21.7. The molecule has 0 saturated carbocycles. The fourth-order valence-corrected chi connectivity index (χ4v) is 3.99. The summed E-state index contributed by atoms with van der Waals surface area (Å²) in [5.74, 6) is 0.119. The molecule has 140 valence electrons. The van der Waals surface area contributed by atoms with E-state index in [1.54, 1.807) is 6.33 Å². The molecule has 1 spiro atoms. The average molecular weight is 349 g/mol. The van der Waals surface area contributed by atoms with Gasteiger partial charge < -0.3 is 19.7 Å². The SMILES string of the molecule is Cc1[nH]cnc1CC(=O)N1CCC2(CC1)C[C@H](O)C[C@H](C(C)(C)C)O2. The summed E-state index contributed by atoms with van der Waals surface area (Å²) >= 11 is 0. The number of likely N-dealkylation sites (tertiary alicyclic amines) is 1. The second kappa shape index (κ2) is 6.72. The molecule has 2 saturated heterocycles. The van der Waals surface area contributed by atoms with Gasteiger partial charge >= 0.3 is 0 Å². The zero-order chi connectivity index (χ0) is 18.2.